The number of carbonyl (C=O) groups excluding carboxylic acids is 1. The molecule has 0 spiro atoms. The summed E-state index contributed by atoms with van der Waals surface area (Å²) in [6, 6.07) is 16.1. The van der Waals surface area contributed by atoms with Gasteiger partial charge in [0.15, 0.2) is 5.17 Å². The highest BCUT2D eigenvalue weighted by molar-refractivity contribution is 8.18. The van der Waals surface area contributed by atoms with Crippen LogP contribution in [0.25, 0.3) is 6.08 Å². The van der Waals surface area contributed by atoms with Crippen LogP contribution in [0.3, 0.4) is 0 Å². The first-order valence-electron chi connectivity index (χ1n) is 8.94. The summed E-state index contributed by atoms with van der Waals surface area (Å²) in [6.45, 7) is 5.44. The number of halogens is 1. The largest absolute Gasteiger partial charge is 0.368 e. The fraction of sp³-hybridized carbons (Fsp3) is 0.238. The Morgan fingerprint density at radius 2 is 1.74 bits per heavy atom. The van der Waals surface area contributed by atoms with Gasteiger partial charge in [-0.1, -0.05) is 48.0 Å². The average molecular weight is 398 g/mol. The molecule has 2 aromatic carbocycles. The molecule has 6 heteroatoms. The van der Waals surface area contributed by atoms with Gasteiger partial charge >= 0.3 is 0 Å². The molecule has 0 radical (unpaired) electrons. The number of amides is 1. The summed E-state index contributed by atoms with van der Waals surface area (Å²) in [4.78, 5) is 21.7. The fourth-order valence-electron chi connectivity index (χ4n) is 3.17. The fourth-order valence-corrected chi connectivity index (χ4v) is 4.31. The van der Waals surface area contributed by atoms with Gasteiger partial charge in [0.25, 0.3) is 5.91 Å². The summed E-state index contributed by atoms with van der Waals surface area (Å²) < 4.78 is 0. The molecule has 1 saturated heterocycles. The predicted octanol–water partition coefficient (Wildman–Crippen LogP) is 4.44. The Labute approximate surface area is 168 Å². The quantitative estimate of drug-likeness (QED) is 0.702. The van der Waals surface area contributed by atoms with Crippen LogP contribution in [-0.4, -0.2) is 42.2 Å². The normalized spacial score (nSPS) is 19.0. The van der Waals surface area contributed by atoms with Crippen LogP contribution in [0.1, 0.15) is 11.1 Å². The smallest absolute Gasteiger partial charge is 0.286 e. The Balaban J connectivity index is 1.40. The maximum Gasteiger partial charge on any atom is 0.286 e. The Morgan fingerprint density at radius 1 is 1.04 bits per heavy atom. The SMILES string of the molecule is Cc1ccc(N2CCN(C3=NC(=O)/C(=C/c4ccccc4)S3)CC2)cc1Cl. The van der Waals surface area contributed by atoms with E-state index in [1.54, 1.807) is 0 Å². The number of hydrogen-bond donors (Lipinski definition) is 0. The van der Waals surface area contributed by atoms with Crippen molar-refractivity contribution in [3.63, 3.8) is 0 Å². The summed E-state index contributed by atoms with van der Waals surface area (Å²) in [5, 5.41) is 1.61. The first-order valence-corrected chi connectivity index (χ1v) is 10.1. The second-order valence-electron chi connectivity index (χ2n) is 6.63. The third-order valence-corrected chi connectivity index (χ3v) is 6.23. The molecule has 1 amide bonds. The molecule has 0 saturated carbocycles. The van der Waals surface area contributed by atoms with Gasteiger partial charge in [-0.15, -0.1) is 0 Å². The van der Waals surface area contributed by atoms with Crippen LogP contribution >= 0.6 is 23.4 Å². The van der Waals surface area contributed by atoms with Crippen molar-refractivity contribution < 1.29 is 4.79 Å². The highest BCUT2D eigenvalue weighted by atomic mass is 35.5. The van der Waals surface area contributed by atoms with Crippen LogP contribution in [0.5, 0.6) is 0 Å². The number of nitrogens with zero attached hydrogens (tertiary/aromatic N) is 3. The van der Waals surface area contributed by atoms with E-state index in [-0.39, 0.29) is 5.91 Å². The first-order chi connectivity index (χ1) is 13.1. The number of carbonyl (C=O) groups is 1. The summed E-state index contributed by atoms with van der Waals surface area (Å²) in [5.74, 6) is -0.147. The Hall–Kier alpha value is -2.24. The van der Waals surface area contributed by atoms with E-state index >= 15 is 0 Å². The molecule has 4 rings (SSSR count). The number of piperazine rings is 1. The number of benzene rings is 2. The molecule has 2 aliphatic rings. The van der Waals surface area contributed by atoms with Gasteiger partial charge in [0.1, 0.15) is 0 Å². The van der Waals surface area contributed by atoms with E-state index in [1.807, 2.05) is 49.4 Å². The second kappa shape index (κ2) is 7.79. The topological polar surface area (TPSA) is 35.9 Å². The van der Waals surface area contributed by atoms with Crippen LogP contribution in [0.4, 0.5) is 5.69 Å². The van der Waals surface area contributed by atoms with Crippen molar-refractivity contribution in [1.29, 1.82) is 0 Å². The zero-order valence-corrected chi connectivity index (χ0v) is 16.6. The average Bonchev–Trinajstić information content (AvgIpc) is 3.05. The molecule has 0 aromatic heterocycles. The minimum absolute atomic E-state index is 0.147. The zero-order valence-electron chi connectivity index (χ0n) is 15.1. The minimum Gasteiger partial charge on any atom is -0.368 e. The lowest BCUT2D eigenvalue weighted by Gasteiger charge is -2.36. The second-order valence-corrected chi connectivity index (χ2v) is 8.04. The highest BCUT2D eigenvalue weighted by Crippen LogP contribution is 2.31. The number of thioether (sulfide) groups is 1. The zero-order chi connectivity index (χ0) is 18.8. The first kappa shape index (κ1) is 18.1. The standard InChI is InChI=1S/C21H20ClN3OS/c1-15-7-8-17(14-18(15)22)24-9-11-25(12-10-24)21-23-20(26)19(27-21)13-16-5-3-2-4-6-16/h2-8,13-14H,9-12H2,1H3/b19-13-. The number of hydrogen-bond acceptors (Lipinski definition) is 4. The monoisotopic (exact) mass is 397 g/mol. The van der Waals surface area contributed by atoms with Gasteiger partial charge < -0.3 is 9.80 Å². The summed E-state index contributed by atoms with van der Waals surface area (Å²) in [6.07, 6.45) is 1.91. The van der Waals surface area contributed by atoms with Gasteiger partial charge in [-0.3, -0.25) is 4.79 Å². The Morgan fingerprint density at radius 3 is 2.44 bits per heavy atom. The maximum atomic E-state index is 12.3. The summed E-state index contributed by atoms with van der Waals surface area (Å²) >= 11 is 7.73. The summed E-state index contributed by atoms with van der Waals surface area (Å²) in [7, 11) is 0. The third kappa shape index (κ3) is 4.04. The van der Waals surface area contributed by atoms with Crippen LogP contribution in [-0.2, 0) is 4.79 Å². The lowest BCUT2D eigenvalue weighted by molar-refractivity contribution is -0.113. The number of anilines is 1. The molecule has 138 valence electrons. The predicted molar refractivity (Wildman–Crippen MR) is 114 cm³/mol. The highest BCUT2D eigenvalue weighted by Gasteiger charge is 2.28. The molecule has 0 aliphatic carbocycles. The number of rotatable bonds is 2. The summed E-state index contributed by atoms with van der Waals surface area (Å²) in [5.41, 5.74) is 3.25. The number of aliphatic imine (C=N–C) groups is 1. The maximum absolute atomic E-state index is 12.3. The van der Waals surface area contributed by atoms with Crippen molar-refractivity contribution in [2.45, 2.75) is 6.92 Å². The van der Waals surface area contributed by atoms with Gasteiger partial charge in [0, 0.05) is 36.9 Å². The van der Waals surface area contributed by atoms with Gasteiger partial charge in [-0.25, -0.2) is 0 Å². The molecular weight excluding hydrogens is 378 g/mol. The van der Waals surface area contributed by atoms with Gasteiger partial charge in [-0.2, -0.15) is 4.99 Å². The van der Waals surface area contributed by atoms with Crippen LogP contribution < -0.4 is 4.90 Å². The van der Waals surface area contributed by atoms with Gasteiger partial charge in [0.2, 0.25) is 0 Å². The van der Waals surface area contributed by atoms with Crippen molar-refractivity contribution in [3.05, 3.63) is 69.6 Å². The van der Waals surface area contributed by atoms with Gasteiger partial charge in [-0.05, 0) is 48.0 Å². The molecule has 4 nitrogen and oxygen atoms in total. The lowest BCUT2D eigenvalue weighted by Crippen LogP contribution is -2.47. The van der Waals surface area contributed by atoms with Crippen LogP contribution in [0.2, 0.25) is 5.02 Å². The number of aryl methyl sites for hydroxylation is 1. The third-order valence-electron chi connectivity index (χ3n) is 4.78. The molecule has 27 heavy (non-hydrogen) atoms. The van der Waals surface area contributed by atoms with Crippen molar-refractivity contribution in [2.75, 3.05) is 31.1 Å². The van der Waals surface area contributed by atoms with Crippen molar-refractivity contribution >= 4 is 46.2 Å². The van der Waals surface area contributed by atoms with E-state index in [9.17, 15) is 4.79 Å². The van der Waals surface area contributed by atoms with E-state index in [0.717, 1.165) is 53.2 Å². The molecule has 0 N–H and O–H groups in total. The lowest BCUT2D eigenvalue weighted by atomic mass is 10.2. The van der Waals surface area contributed by atoms with Gasteiger partial charge in [0.05, 0.1) is 4.91 Å². The van der Waals surface area contributed by atoms with Crippen LogP contribution in [0, 0.1) is 6.92 Å². The molecule has 0 atom stereocenters. The molecule has 0 unspecified atom stereocenters. The molecule has 2 heterocycles. The van der Waals surface area contributed by atoms with Crippen molar-refractivity contribution in [3.8, 4) is 0 Å². The minimum atomic E-state index is -0.147. The van der Waals surface area contributed by atoms with E-state index < -0.39 is 0 Å². The Bertz CT molecular complexity index is 918. The van der Waals surface area contributed by atoms with Crippen molar-refractivity contribution in [1.82, 2.24) is 4.90 Å². The molecule has 2 aliphatic heterocycles. The Kier molecular flexibility index (Phi) is 5.23. The van der Waals surface area contributed by atoms with E-state index in [0.29, 0.717) is 4.91 Å². The molecule has 1 fully saturated rings. The van der Waals surface area contributed by atoms with Crippen molar-refractivity contribution in [2.24, 2.45) is 4.99 Å². The van der Waals surface area contributed by atoms with E-state index in [4.69, 9.17) is 11.6 Å². The molecule has 2 aromatic rings. The number of amidine groups is 1. The van der Waals surface area contributed by atoms with E-state index in [2.05, 4.69) is 26.9 Å². The molecular formula is C21H20ClN3OS. The van der Waals surface area contributed by atoms with Crippen LogP contribution in [0.15, 0.2) is 58.4 Å². The van der Waals surface area contributed by atoms with E-state index in [1.165, 1.54) is 11.8 Å². The molecule has 0 bridgehead atoms.